The van der Waals surface area contributed by atoms with Gasteiger partial charge in [-0.2, -0.15) is 0 Å². The highest BCUT2D eigenvalue weighted by atomic mass is 32.1. The normalized spacial score (nSPS) is 11.5. The van der Waals surface area contributed by atoms with Gasteiger partial charge in [-0.3, -0.25) is 9.59 Å². The predicted octanol–water partition coefficient (Wildman–Crippen LogP) is 3.13. The average molecular weight is 366 g/mol. The van der Waals surface area contributed by atoms with Gasteiger partial charge in [-0.05, 0) is 41.3 Å². The van der Waals surface area contributed by atoms with E-state index in [0.717, 1.165) is 10.4 Å². The summed E-state index contributed by atoms with van der Waals surface area (Å²) >= 11 is 1.59. The van der Waals surface area contributed by atoms with Crippen molar-refractivity contribution >= 4 is 23.2 Å². The lowest BCUT2D eigenvalue weighted by Crippen LogP contribution is -2.32. The van der Waals surface area contributed by atoms with E-state index in [1.807, 2.05) is 47.8 Å². The van der Waals surface area contributed by atoms with Gasteiger partial charge >= 0.3 is 0 Å². The largest absolute Gasteiger partial charge is 0.484 e. The molecule has 0 aliphatic heterocycles. The van der Waals surface area contributed by atoms with Crippen molar-refractivity contribution in [3.05, 3.63) is 88.1 Å². The van der Waals surface area contributed by atoms with Crippen LogP contribution in [-0.2, 0) is 4.79 Å². The van der Waals surface area contributed by atoms with E-state index in [-0.39, 0.29) is 18.6 Å². The van der Waals surface area contributed by atoms with Gasteiger partial charge in [0.1, 0.15) is 5.75 Å². The van der Waals surface area contributed by atoms with Crippen molar-refractivity contribution < 1.29 is 14.3 Å². The first-order valence-corrected chi connectivity index (χ1v) is 8.92. The molecule has 0 bridgehead atoms. The summed E-state index contributed by atoms with van der Waals surface area (Å²) in [7, 11) is 0. The zero-order chi connectivity index (χ0) is 18.4. The molecule has 6 heteroatoms. The lowest BCUT2D eigenvalue weighted by Gasteiger charge is -2.18. The van der Waals surface area contributed by atoms with Crippen LogP contribution in [0, 0.1) is 0 Å². The molecular weight excluding hydrogens is 348 g/mol. The zero-order valence-corrected chi connectivity index (χ0v) is 14.7. The van der Waals surface area contributed by atoms with E-state index in [2.05, 4.69) is 5.32 Å². The van der Waals surface area contributed by atoms with Crippen LogP contribution < -0.4 is 15.8 Å². The highest BCUT2D eigenvalue weighted by Gasteiger charge is 2.18. The maximum Gasteiger partial charge on any atom is 0.258 e. The van der Waals surface area contributed by atoms with Crippen LogP contribution in [0.25, 0.3) is 0 Å². The second-order valence-corrected chi connectivity index (χ2v) is 6.58. The Kier molecular flexibility index (Phi) is 5.66. The molecule has 2 amide bonds. The third-order valence-electron chi connectivity index (χ3n) is 3.77. The number of hydrogen-bond acceptors (Lipinski definition) is 4. The fraction of sp³-hybridized carbons (Fsp3) is 0.100. The van der Waals surface area contributed by atoms with Gasteiger partial charge in [0.25, 0.3) is 5.91 Å². The van der Waals surface area contributed by atoms with E-state index in [9.17, 15) is 9.59 Å². The molecule has 3 N–H and O–H groups in total. The molecule has 0 unspecified atom stereocenters. The molecule has 1 aromatic heterocycles. The highest BCUT2D eigenvalue weighted by molar-refractivity contribution is 7.10. The van der Waals surface area contributed by atoms with E-state index in [1.165, 1.54) is 0 Å². The van der Waals surface area contributed by atoms with E-state index >= 15 is 0 Å². The van der Waals surface area contributed by atoms with Crippen LogP contribution in [0.2, 0.25) is 0 Å². The molecule has 0 saturated carbocycles. The van der Waals surface area contributed by atoms with Crippen molar-refractivity contribution in [2.24, 2.45) is 5.73 Å². The number of primary amides is 1. The van der Waals surface area contributed by atoms with Crippen LogP contribution in [0.5, 0.6) is 5.75 Å². The lowest BCUT2D eigenvalue weighted by molar-refractivity contribution is -0.123. The molecule has 0 aliphatic rings. The van der Waals surface area contributed by atoms with E-state index in [1.54, 1.807) is 35.6 Å². The molecule has 1 heterocycles. The molecule has 132 valence electrons. The maximum atomic E-state index is 12.4. The number of amides is 2. The first-order chi connectivity index (χ1) is 12.6. The number of nitrogens with one attached hydrogen (secondary N) is 1. The number of nitrogens with two attached hydrogens (primary N) is 1. The molecule has 5 nitrogen and oxygen atoms in total. The third kappa shape index (κ3) is 4.49. The van der Waals surface area contributed by atoms with Crippen LogP contribution >= 0.6 is 11.3 Å². The van der Waals surface area contributed by atoms with Crippen LogP contribution in [0.4, 0.5) is 0 Å². The molecular formula is C20H18N2O3S. The van der Waals surface area contributed by atoms with Gasteiger partial charge in [-0.15, -0.1) is 11.3 Å². The third-order valence-corrected chi connectivity index (χ3v) is 4.71. The Morgan fingerprint density at radius 2 is 1.73 bits per heavy atom. The molecule has 3 aromatic rings. The van der Waals surface area contributed by atoms with Crippen molar-refractivity contribution in [3.8, 4) is 5.75 Å². The molecule has 3 rings (SSSR count). The summed E-state index contributed by atoms with van der Waals surface area (Å²) in [5, 5.41) is 4.99. The van der Waals surface area contributed by atoms with Crippen molar-refractivity contribution in [2.75, 3.05) is 6.61 Å². The van der Waals surface area contributed by atoms with Crippen LogP contribution in [0.1, 0.15) is 26.8 Å². The molecule has 2 aromatic carbocycles. The minimum atomic E-state index is -0.504. The summed E-state index contributed by atoms with van der Waals surface area (Å²) in [4.78, 5) is 24.5. The quantitative estimate of drug-likeness (QED) is 0.674. The summed E-state index contributed by atoms with van der Waals surface area (Å²) in [6.45, 7) is -0.120. The highest BCUT2D eigenvalue weighted by Crippen LogP contribution is 2.25. The minimum Gasteiger partial charge on any atom is -0.484 e. The maximum absolute atomic E-state index is 12.4. The van der Waals surface area contributed by atoms with Crippen LogP contribution in [0.15, 0.2) is 72.1 Å². The van der Waals surface area contributed by atoms with Gasteiger partial charge in [0.05, 0.1) is 6.04 Å². The second kappa shape index (κ2) is 8.31. The smallest absolute Gasteiger partial charge is 0.258 e. The fourth-order valence-electron chi connectivity index (χ4n) is 2.49. The Bertz CT molecular complexity index is 862. The number of carbonyl (C=O) groups excluding carboxylic acids is 2. The first kappa shape index (κ1) is 17.7. The summed E-state index contributed by atoms with van der Waals surface area (Å²) in [6, 6.07) is 19.9. The Balaban J connectivity index is 1.64. The minimum absolute atomic E-state index is 0.120. The number of ether oxygens (including phenoxy) is 1. The standard InChI is InChI=1S/C20H18N2O3S/c21-20(24)15-8-10-16(11-9-15)25-13-18(23)22-19(17-7-4-12-26-17)14-5-2-1-3-6-14/h1-12,19H,13H2,(H2,21,24)(H,22,23)/t19-/m1/s1. The van der Waals surface area contributed by atoms with Gasteiger partial charge in [-0.25, -0.2) is 0 Å². The van der Waals surface area contributed by atoms with Crippen molar-refractivity contribution in [1.29, 1.82) is 0 Å². The van der Waals surface area contributed by atoms with Crippen molar-refractivity contribution in [2.45, 2.75) is 6.04 Å². The number of rotatable bonds is 7. The van der Waals surface area contributed by atoms with Crippen LogP contribution in [-0.4, -0.2) is 18.4 Å². The van der Waals surface area contributed by atoms with Gasteiger partial charge in [0, 0.05) is 10.4 Å². The number of carbonyl (C=O) groups is 2. The number of hydrogen-bond donors (Lipinski definition) is 2. The summed E-state index contributed by atoms with van der Waals surface area (Å²) in [5.41, 5.74) is 6.60. The Labute approximate surface area is 155 Å². The first-order valence-electron chi connectivity index (χ1n) is 8.04. The SMILES string of the molecule is NC(=O)c1ccc(OCC(=O)N[C@H](c2ccccc2)c2cccs2)cc1. The van der Waals surface area contributed by atoms with Crippen LogP contribution in [0.3, 0.4) is 0 Å². The van der Waals surface area contributed by atoms with E-state index < -0.39 is 5.91 Å². The van der Waals surface area contributed by atoms with Crippen molar-refractivity contribution in [3.63, 3.8) is 0 Å². The van der Waals surface area contributed by atoms with Crippen molar-refractivity contribution in [1.82, 2.24) is 5.32 Å². The molecule has 0 spiro atoms. The molecule has 1 atom stereocenters. The molecule has 26 heavy (non-hydrogen) atoms. The second-order valence-electron chi connectivity index (χ2n) is 5.60. The van der Waals surface area contributed by atoms with E-state index in [0.29, 0.717) is 11.3 Å². The number of benzene rings is 2. The number of thiophene rings is 1. The molecule has 0 saturated heterocycles. The summed E-state index contributed by atoms with van der Waals surface area (Å²) < 4.78 is 5.50. The molecule has 0 radical (unpaired) electrons. The summed E-state index contributed by atoms with van der Waals surface area (Å²) in [6.07, 6.45) is 0. The molecule has 0 aliphatic carbocycles. The Morgan fingerprint density at radius 1 is 1.00 bits per heavy atom. The Hall–Kier alpha value is -3.12. The zero-order valence-electron chi connectivity index (χ0n) is 13.9. The summed E-state index contributed by atoms with van der Waals surface area (Å²) in [5.74, 6) is -0.236. The van der Waals surface area contributed by atoms with Gasteiger partial charge in [-0.1, -0.05) is 36.4 Å². The molecule has 0 fully saturated rings. The fourth-order valence-corrected chi connectivity index (χ4v) is 3.29. The monoisotopic (exact) mass is 366 g/mol. The lowest BCUT2D eigenvalue weighted by atomic mass is 10.1. The van der Waals surface area contributed by atoms with Gasteiger partial charge < -0.3 is 15.8 Å². The van der Waals surface area contributed by atoms with Gasteiger partial charge in [0.15, 0.2) is 6.61 Å². The Morgan fingerprint density at radius 3 is 2.35 bits per heavy atom. The topological polar surface area (TPSA) is 81.4 Å². The predicted molar refractivity (Wildman–Crippen MR) is 101 cm³/mol. The average Bonchev–Trinajstić information content (AvgIpc) is 3.20. The van der Waals surface area contributed by atoms with Gasteiger partial charge in [0.2, 0.25) is 5.91 Å². The van der Waals surface area contributed by atoms with E-state index in [4.69, 9.17) is 10.5 Å².